The predicted octanol–water partition coefficient (Wildman–Crippen LogP) is 1.94. The molecule has 5 nitrogen and oxygen atoms in total. The molecule has 90 valence electrons. The second-order valence-electron chi connectivity index (χ2n) is 3.98. The minimum atomic E-state index is -0.635. The Balaban J connectivity index is 2.20. The van der Waals surface area contributed by atoms with Crippen molar-refractivity contribution in [2.75, 3.05) is 0 Å². The van der Waals surface area contributed by atoms with E-state index in [0.717, 1.165) is 0 Å². The number of esters is 1. The topological polar surface area (TPSA) is 72.3 Å². The molecule has 0 radical (unpaired) electrons. The average molecular weight is 243 g/mol. The molecular formula is C13H9NO4. The van der Waals surface area contributed by atoms with Gasteiger partial charge >= 0.3 is 5.97 Å². The van der Waals surface area contributed by atoms with E-state index in [9.17, 15) is 9.59 Å². The second kappa shape index (κ2) is 3.73. The molecule has 5 heteroatoms. The molecule has 0 aromatic carbocycles. The van der Waals surface area contributed by atoms with Crippen molar-refractivity contribution in [1.29, 1.82) is 0 Å². The Morgan fingerprint density at radius 1 is 1.33 bits per heavy atom. The SMILES string of the molecule is Cc1cc2c(c(=O)[nH]1)C(=O)O/C2=C\c1ccco1. The van der Waals surface area contributed by atoms with Crippen LogP contribution in [0.5, 0.6) is 0 Å². The monoisotopic (exact) mass is 243 g/mol. The Morgan fingerprint density at radius 3 is 2.89 bits per heavy atom. The molecule has 3 rings (SSSR count). The van der Waals surface area contributed by atoms with E-state index in [4.69, 9.17) is 9.15 Å². The fourth-order valence-corrected chi connectivity index (χ4v) is 1.90. The van der Waals surface area contributed by atoms with Gasteiger partial charge in [-0.2, -0.15) is 0 Å². The average Bonchev–Trinajstić information content (AvgIpc) is 2.88. The summed E-state index contributed by atoms with van der Waals surface area (Å²) in [6.45, 7) is 1.75. The molecule has 0 spiro atoms. The molecule has 18 heavy (non-hydrogen) atoms. The number of ether oxygens (including phenoxy) is 1. The normalized spacial score (nSPS) is 15.8. The first-order valence-corrected chi connectivity index (χ1v) is 5.37. The van der Waals surface area contributed by atoms with Crippen LogP contribution in [0.1, 0.15) is 27.4 Å². The number of aromatic amines is 1. The molecule has 0 aliphatic carbocycles. The van der Waals surface area contributed by atoms with Gasteiger partial charge in [0.1, 0.15) is 17.1 Å². The number of furan rings is 1. The van der Waals surface area contributed by atoms with Gasteiger partial charge in [0.05, 0.1) is 6.26 Å². The van der Waals surface area contributed by atoms with Crippen molar-refractivity contribution < 1.29 is 13.9 Å². The fraction of sp³-hybridized carbons (Fsp3) is 0.0769. The number of nitrogens with one attached hydrogen (secondary N) is 1. The highest BCUT2D eigenvalue weighted by atomic mass is 16.5. The van der Waals surface area contributed by atoms with Crippen LogP contribution in [0.3, 0.4) is 0 Å². The van der Waals surface area contributed by atoms with Crippen molar-refractivity contribution in [2.45, 2.75) is 6.92 Å². The van der Waals surface area contributed by atoms with E-state index in [1.165, 1.54) is 6.26 Å². The van der Waals surface area contributed by atoms with Crippen molar-refractivity contribution in [3.8, 4) is 0 Å². The molecule has 2 aromatic heterocycles. The van der Waals surface area contributed by atoms with Gasteiger partial charge in [-0.15, -0.1) is 0 Å². The van der Waals surface area contributed by atoms with Crippen LogP contribution in [0.25, 0.3) is 11.8 Å². The number of fused-ring (bicyclic) bond motifs is 1. The Morgan fingerprint density at radius 2 is 2.17 bits per heavy atom. The molecular weight excluding hydrogens is 234 g/mol. The third kappa shape index (κ3) is 1.57. The molecule has 0 unspecified atom stereocenters. The second-order valence-corrected chi connectivity index (χ2v) is 3.98. The highest BCUT2D eigenvalue weighted by Gasteiger charge is 2.30. The number of aromatic nitrogens is 1. The number of H-pyrrole nitrogens is 1. The number of aryl methyl sites for hydroxylation is 1. The Hall–Kier alpha value is -2.56. The molecule has 1 aliphatic heterocycles. The van der Waals surface area contributed by atoms with Gasteiger partial charge in [0, 0.05) is 17.3 Å². The molecule has 0 saturated carbocycles. The molecule has 0 amide bonds. The third-order valence-corrected chi connectivity index (χ3v) is 2.66. The van der Waals surface area contributed by atoms with Crippen molar-refractivity contribution in [3.05, 3.63) is 57.4 Å². The van der Waals surface area contributed by atoms with E-state index in [-0.39, 0.29) is 5.56 Å². The molecule has 0 atom stereocenters. The summed E-state index contributed by atoms with van der Waals surface area (Å²) in [4.78, 5) is 25.9. The summed E-state index contributed by atoms with van der Waals surface area (Å²) in [5, 5.41) is 0. The molecule has 1 N–H and O–H groups in total. The van der Waals surface area contributed by atoms with Crippen LogP contribution in [-0.4, -0.2) is 11.0 Å². The number of hydrogen-bond donors (Lipinski definition) is 1. The van der Waals surface area contributed by atoms with Gasteiger partial charge in [-0.25, -0.2) is 4.79 Å². The van der Waals surface area contributed by atoms with E-state index in [1.807, 2.05) is 0 Å². The number of hydrogen-bond acceptors (Lipinski definition) is 4. The van der Waals surface area contributed by atoms with Crippen LogP contribution < -0.4 is 5.56 Å². The summed E-state index contributed by atoms with van der Waals surface area (Å²) >= 11 is 0. The maximum Gasteiger partial charge on any atom is 0.349 e. The van der Waals surface area contributed by atoms with Gasteiger partial charge in [0.2, 0.25) is 0 Å². The lowest BCUT2D eigenvalue weighted by molar-refractivity contribution is 0.0715. The quantitative estimate of drug-likeness (QED) is 0.777. The Kier molecular flexibility index (Phi) is 2.19. The minimum absolute atomic E-state index is 0.0402. The highest BCUT2D eigenvalue weighted by molar-refractivity contribution is 6.05. The maximum absolute atomic E-state index is 11.7. The molecule has 3 heterocycles. The summed E-state index contributed by atoms with van der Waals surface area (Å²) in [6, 6.07) is 5.17. The number of carbonyl (C=O) groups excluding carboxylic acids is 1. The summed E-state index contributed by atoms with van der Waals surface area (Å²) in [5.74, 6) is 0.256. The minimum Gasteiger partial charge on any atom is -0.465 e. The zero-order chi connectivity index (χ0) is 12.7. The zero-order valence-corrected chi connectivity index (χ0v) is 9.52. The van der Waals surface area contributed by atoms with Crippen molar-refractivity contribution in [1.82, 2.24) is 4.98 Å². The van der Waals surface area contributed by atoms with E-state index < -0.39 is 11.5 Å². The van der Waals surface area contributed by atoms with Gasteiger partial charge in [-0.05, 0) is 25.1 Å². The van der Waals surface area contributed by atoms with Crippen LogP contribution in [0.4, 0.5) is 0 Å². The highest BCUT2D eigenvalue weighted by Crippen LogP contribution is 2.29. The van der Waals surface area contributed by atoms with E-state index in [2.05, 4.69) is 4.98 Å². The van der Waals surface area contributed by atoms with Crippen LogP contribution in [0.2, 0.25) is 0 Å². The lowest BCUT2D eigenvalue weighted by atomic mass is 10.1. The summed E-state index contributed by atoms with van der Waals surface area (Å²) < 4.78 is 10.2. The molecule has 0 fully saturated rings. The number of carbonyl (C=O) groups is 1. The number of pyridine rings is 1. The molecule has 0 saturated heterocycles. The first-order chi connectivity index (χ1) is 8.65. The van der Waals surface area contributed by atoms with Gasteiger partial charge in [0.25, 0.3) is 5.56 Å². The number of cyclic esters (lactones) is 1. The van der Waals surface area contributed by atoms with Gasteiger partial charge in [0.15, 0.2) is 0 Å². The van der Waals surface area contributed by atoms with Gasteiger partial charge in [-0.1, -0.05) is 0 Å². The van der Waals surface area contributed by atoms with E-state index in [0.29, 0.717) is 22.8 Å². The van der Waals surface area contributed by atoms with Crippen molar-refractivity contribution >= 4 is 17.8 Å². The zero-order valence-electron chi connectivity index (χ0n) is 9.52. The standard InChI is InChI=1S/C13H9NO4/c1-7-5-9-10(6-8-3-2-4-17-8)18-13(16)11(9)12(15)14-7/h2-6H,1H3,(H,14,15)/b10-6-. The van der Waals surface area contributed by atoms with Crippen LogP contribution in [-0.2, 0) is 4.74 Å². The number of rotatable bonds is 1. The van der Waals surface area contributed by atoms with Crippen LogP contribution in [0, 0.1) is 6.92 Å². The van der Waals surface area contributed by atoms with Crippen LogP contribution >= 0.6 is 0 Å². The summed E-state index contributed by atoms with van der Waals surface area (Å²) in [7, 11) is 0. The first kappa shape index (κ1) is 10.6. The summed E-state index contributed by atoms with van der Waals surface area (Å²) in [6.07, 6.45) is 3.11. The predicted molar refractivity (Wildman–Crippen MR) is 63.8 cm³/mol. The van der Waals surface area contributed by atoms with Gasteiger partial charge in [-0.3, -0.25) is 4.79 Å². The largest absolute Gasteiger partial charge is 0.465 e. The fourth-order valence-electron chi connectivity index (χ4n) is 1.90. The lowest BCUT2D eigenvalue weighted by Gasteiger charge is -1.98. The molecule has 1 aliphatic rings. The smallest absolute Gasteiger partial charge is 0.349 e. The lowest BCUT2D eigenvalue weighted by Crippen LogP contribution is -2.16. The van der Waals surface area contributed by atoms with Gasteiger partial charge < -0.3 is 14.1 Å². The Labute approximate surface area is 102 Å². The Bertz CT molecular complexity index is 707. The van der Waals surface area contributed by atoms with Crippen molar-refractivity contribution in [3.63, 3.8) is 0 Å². The molecule has 0 bridgehead atoms. The van der Waals surface area contributed by atoms with E-state index >= 15 is 0 Å². The third-order valence-electron chi connectivity index (χ3n) is 2.66. The summed E-state index contributed by atoms with van der Waals surface area (Å²) in [5.41, 5.74) is 0.774. The van der Waals surface area contributed by atoms with E-state index in [1.54, 1.807) is 31.2 Å². The van der Waals surface area contributed by atoms with Crippen LogP contribution in [0.15, 0.2) is 33.7 Å². The first-order valence-electron chi connectivity index (χ1n) is 5.37. The molecule has 2 aromatic rings. The maximum atomic E-state index is 11.7. The van der Waals surface area contributed by atoms with Crippen molar-refractivity contribution in [2.24, 2.45) is 0 Å².